The zero-order valence-corrected chi connectivity index (χ0v) is 18.0. The number of nitrogens with one attached hydrogen (secondary N) is 1. The lowest BCUT2D eigenvalue weighted by Gasteiger charge is -2.10. The van der Waals surface area contributed by atoms with Gasteiger partial charge in [-0.15, -0.1) is 5.10 Å². The molecular formula is C21H20ClF3N4O3. The highest BCUT2D eigenvalue weighted by Crippen LogP contribution is 2.29. The van der Waals surface area contributed by atoms with Crippen molar-refractivity contribution in [1.29, 1.82) is 0 Å². The van der Waals surface area contributed by atoms with E-state index in [-0.39, 0.29) is 25.1 Å². The van der Waals surface area contributed by atoms with Crippen LogP contribution in [0.15, 0.2) is 42.5 Å². The van der Waals surface area contributed by atoms with Crippen molar-refractivity contribution in [3.05, 3.63) is 64.4 Å². The first-order valence-electron chi connectivity index (χ1n) is 9.58. The molecule has 7 nitrogen and oxygen atoms in total. The fraction of sp³-hybridized carbons (Fsp3) is 0.286. The van der Waals surface area contributed by atoms with E-state index >= 15 is 0 Å². The number of hydrogen-bond donors (Lipinski definition) is 1. The van der Waals surface area contributed by atoms with Gasteiger partial charge in [0.15, 0.2) is 12.6 Å². The highest BCUT2D eigenvalue weighted by atomic mass is 35.5. The van der Waals surface area contributed by atoms with E-state index in [1.807, 2.05) is 0 Å². The summed E-state index contributed by atoms with van der Waals surface area (Å²) in [6.45, 7) is 3.47. The first kappa shape index (κ1) is 23.4. The third kappa shape index (κ3) is 6.13. The van der Waals surface area contributed by atoms with Crippen LogP contribution in [0.25, 0.3) is 0 Å². The Balaban J connectivity index is 1.70. The van der Waals surface area contributed by atoms with Gasteiger partial charge in [0.05, 0.1) is 22.9 Å². The number of carbonyl (C=O) groups is 1. The smallest absolute Gasteiger partial charge is 0.416 e. The minimum absolute atomic E-state index is 0.0366. The van der Waals surface area contributed by atoms with Gasteiger partial charge < -0.3 is 14.8 Å². The molecule has 0 aliphatic heterocycles. The summed E-state index contributed by atoms with van der Waals surface area (Å²) < 4.78 is 50.8. The summed E-state index contributed by atoms with van der Waals surface area (Å²) >= 11 is 6.15. The Morgan fingerprint density at radius 1 is 1.16 bits per heavy atom. The van der Waals surface area contributed by atoms with Crippen molar-refractivity contribution in [3.63, 3.8) is 0 Å². The summed E-state index contributed by atoms with van der Waals surface area (Å²) in [6, 6.07) is 9.83. The van der Waals surface area contributed by atoms with E-state index < -0.39 is 11.7 Å². The fourth-order valence-electron chi connectivity index (χ4n) is 2.77. The summed E-state index contributed by atoms with van der Waals surface area (Å²) in [4.78, 5) is 15.5. The zero-order valence-electron chi connectivity index (χ0n) is 17.2. The molecule has 0 unspecified atom stereocenters. The third-order valence-corrected chi connectivity index (χ3v) is 4.52. The fourth-order valence-corrected chi connectivity index (χ4v) is 2.99. The third-order valence-electron chi connectivity index (χ3n) is 4.20. The molecule has 0 spiro atoms. The second kappa shape index (κ2) is 9.90. The van der Waals surface area contributed by atoms with Gasteiger partial charge >= 0.3 is 12.2 Å². The molecule has 11 heteroatoms. The quantitative estimate of drug-likeness (QED) is 0.507. The molecule has 0 bridgehead atoms. The molecule has 1 N–H and O–H groups in total. The van der Waals surface area contributed by atoms with Gasteiger partial charge in [-0.2, -0.15) is 22.8 Å². The highest BCUT2D eigenvalue weighted by molar-refractivity contribution is 6.33. The molecule has 0 fully saturated rings. The monoisotopic (exact) mass is 468 g/mol. The summed E-state index contributed by atoms with van der Waals surface area (Å²) in [6.07, 6.45) is -4.16. The van der Waals surface area contributed by atoms with Crippen molar-refractivity contribution in [2.75, 3.05) is 11.9 Å². The van der Waals surface area contributed by atoms with E-state index in [1.54, 1.807) is 25.1 Å². The maximum atomic E-state index is 12.7. The summed E-state index contributed by atoms with van der Waals surface area (Å²) in [5.41, 5.74) is 0.367. The largest absolute Gasteiger partial charge is 0.471 e. The van der Waals surface area contributed by atoms with Crippen LogP contribution >= 0.6 is 11.6 Å². The van der Waals surface area contributed by atoms with Gasteiger partial charge in [-0.3, -0.25) is 4.79 Å². The van der Waals surface area contributed by atoms with Crippen LogP contribution in [-0.4, -0.2) is 27.3 Å². The van der Waals surface area contributed by atoms with Crippen molar-refractivity contribution >= 4 is 23.2 Å². The van der Waals surface area contributed by atoms with Gasteiger partial charge in [0.2, 0.25) is 5.91 Å². The van der Waals surface area contributed by atoms with Crippen LogP contribution < -0.4 is 14.8 Å². The van der Waals surface area contributed by atoms with Gasteiger partial charge in [0, 0.05) is 19.4 Å². The van der Waals surface area contributed by atoms with Crippen LogP contribution in [0, 0.1) is 0 Å². The van der Waals surface area contributed by atoms with Crippen LogP contribution in [0.4, 0.5) is 18.9 Å². The van der Waals surface area contributed by atoms with E-state index in [1.165, 1.54) is 23.7 Å². The zero-order chi connectivity index (χ0) is 23.3. The molecule has 0 aliphatic carbocycles. The molecule has 3 aromatic rings. The molecule has 1 aromatic heterocycles. The Kier molecular flexibility index (Phi) is 7.24. The normalized spacial score (nSPS) is 11.3. The molecule has 0 saturated heterocycles. The SMILES string of the molecule is CCOc1nc(Cc2ccc(C(F)(F)F)cc2)nn1COc1ccc(NC(C)=O)c(Cl)c1. The Bertz CT molecular complexity index is 1080. The van der Waals surface area contributed by atoms with Crippen molar-refractivity contribution in [2.45, 2.75) is 33.2 Å². The molecule has 0 aliphatic rings. The lowest BCUT2D eigenvalue weighted by atomic mass is 10.1. The molecular weight excluding hydrogens is 449 g/mol. The Labute approximate surface area is 187 Å². The summed E-state index contributed by atoms with van der Waals surface area (Å²) in [7, 11) is 0. The van der Waals surface area contributed by atoms with Crippen molar-refractivity contribution in [1.82, 2.24) is 14.8 Å². The standard InChI is InChI=1S/C21H20ClF3N4O3/c1-3-31-20-27-19(10-14-4-6-15(7-5-14)21(23,24)25)28-29(20)12-32-16-8-9-18(17(22)11-16)26-13(2)30/h4-9,11H,3,10,12H2,1-2H3,(H,26,30). The highest BCUT2D eigenvalue weighted by Gasteiger charge is 2.30. The molecule has 0 radical (unpaired) electrons. The van der Waals surface area contributed by atoms with Crippen molar-refractivity contribution in [2.24, 2.45) is 0 Å². The first-order valence-corrected chi connectivity index (χ1v) is 9.96. The van der Waals surface area contributed by atoms with Gasteiger partial charge in [0.1, 0.15) is 5.75 Å². The van der Waals surface area contributed by atoms with Gasteiger partial charge in [-0.1, -0.05) is 23.7 Å². The molecule has 0 atom stereocenters. The number of amides is 1. The number of alkyl halides is 3. The molecule has 1 heterocycles. The van der Waals surface area contributed by atoms with Crippen molar-refractivity contribution < 1.29 is 27.4 Å². The van der Waals surface area contributed by atoms with Crippen LogP contribution in [0.5, 0.6) is 11.8 Å². The predicted octanol–water partition coefficient (Wildman–Crippen LogP) is 4.93. The maximum absolute atomic E-state index is 12.7. The number of carbonyl (C=O) groups excluding carboxylic acids is 1. The number of ether oxygens (including phenoxy) is 2. The van der Waals surface area contributed by atoms with E-state index in [4.69, 9.17) is 21.1 Å². The van der Waals surface area contributed by atoms with Gasteiger partial charge in [-0.05, 0) is 36.8 Å². The first-order chi connectivity index (χ1) is 15.2. The van der Waals surface area contributed by atoms with Crippen LogP contribution in [-0.2, 0) is 24.1 Å². The van der Waals surface area contributed by atoms with Gasteiger partial charge in [-0.25, -0.2) is 0 Å². The lowest BCUT2D eigenvalue weighted by molar-refractivity contribution is -0.137. The number of aromatic nitrogens is 3. The number of rotatable bonds is 8. The van der Waals surface area contributed by atoms with Crippen LogP contribution in [0.1, 0.15) is 30.8 Å². The summed E-state index contributed by atoms with van der Waals surface area (Å²) in [5, 5.41) is 7.24. The second-order valence-corrected chi connectivity index (χ2v) is 7.12. The Hall–Kier alpha value is -3.27. The predicted molar refractivity (Wildman–Crippen MR) is 112 cm³/mol. The lowest BCUT2D eigenvalue weighted by Crippen LogP contribution is -2.10. The average Bonchev–Trinajstić information content (AvgIpc) is 3.09. The molecule has 3 rings (SSSR count). The van der Waals surface area contributed by atoms with Crippen LogP contribution in [0.2, 0.25) is 5.02 Å². The van der Waals surface area contributed by atoms with Gasteiger partial charge in [0.25, 0.3) is 0 Å². The number of anilines is 1. The van der Waals surface area contributed by atoms with E-state index in [0.717, 1.165) is 12.1 Å². The average molecular weight is 469 g/mol. The molecule has 1 amide bonds. The van der Waals surface area contributed by atoms with Crippen molar-refractivity contribution in [3.8, 4) is 11.8 Å². The number of hydrogen-bond acceptors (Lipinski definition) is 5. The number of benzene rings is 2. The Morgan fingerprint density at radius 3 is 2.47 bits per heavy atom. The topological polar surface area (TPSA) is 78.3 Å². The second-order valence-electron chi connectivity index (χ2n) is 6.71. The maximum Gasteiger partial charge on any atom is 0.416 e. The minimum atomic E-state index is -4.39. The molecule has 0 saturated carbocycles. The van der Waals surface area contributed by atoms with Crippen LogP contribution in [0.3, 0.4) is 0 Å². The van der Waals surface area contributed by atoms with E-state index in [9.17, 15) is 18.0 Å². The van der Waals surface area contributed by atoms with E-state index in [0.29, 0.717) is 34.5 Å². The minimum Gasteiger partial charge on any atom is -0.471 e. The Morgan fingerprint density at radius 2 is 1.88 bits per heavy atom. The summed E-state index contributed by atoms with van der Waals surface area (Å²) in [5.74, 6) is 0.562. The van der Waals surface area contributed by atoms with E-state index in [2.05, 4.69) is 15.4 Å². The molecule has 2 aromatic carbocycles. The molecule has 170 valence electrons. The molecule has 32 heavy (non-hydrogen) atoms. The number of halogens is 4. The number of nitrogens with zero attached hydrogens (tertiary/aromatic N) is 3.